The molecule has 0 bridgehead atoms. The number of hydrogen-bond acceptors (Lipinski definition) is 3. The predicted octanol–water partition coefficient (Wildman–Crippen LogP) is 17.0. The summed E-state index contributed by atoms with van der Waals surface area (Å²) in [6.45, 7) is 17.5. The molecule has 334 valence electrons. The van der Waals surface area contributed by atoms with Crippen LogP contribution in [0.25, 0.3) is 60.4 Å². The number of benzene rings is 7. The summed E-state index contributed by atoms with van der Waals surface area (Å²) >= 11 is 0. The number of rotatable bonds is 8. The molecule has 0 radical (unpaired) electrons. The molecule has 0 amide bonds. The number of fused-ring (bicyclic) bond motifs is 6. The van der Waals surface area contributed by atoms with E-state index in [0.29, 0.717) is 11.2 Å². The van der Waals surface area contributed by atoms with E-state index in [4.69, 9.17) is 15.2 Å². The van der Waals surface area contributed by atoms with Gasteiger partial charge in [-0.3, -0.25) is 0 Å². The van der Waals surface area contributed by atoms with Gasteiger partial charge in [0.1, 0.15) is 11.4 Å². The van der Waals surface area contributed by atoms with Crippen LogP contribution in [-0.2, 0) is 20.1 Å². The Morgan fingerprint density at radius 3 is 2.14 bits per heavy atom. The van der Waals surface area contributed by atoms with Gasteiger partial charge < -0.3 is 19.6 Å². The number of hydrogen-bond donors (Lipinski definition) is 0. The maximum atomic E-state index is 14.3. The molecule has 2 aromatic heterocycles. The number of anilines is 2. The Bertz CT molecular complexity index is 3330. The molecular weight excluding hydrogens is 1010 g/mol. The predicted molar refractivity (Wildman–Crippen MR) is 275 cm³/mol. The van der Waals surface area contributed by atoms with Gasteiger partial charge in [0.15, 0.2) is 0 Å². The molecule has 4 nitrogen and oxygen atoms in total. The molecule has 1 unspecified atom stereocenters. The first-order valence-electron chi connectivity index (χ1n) is 24.5. The fourth-order valence-electron chi connectivity index (χ4n) is 9.10. The zero-order valence-corrected chi connectivity index (χ0v) is 42.4. The molecule has 1 aliphatic heterocycles. The summed E-state index contributed by atoms with van der Waals surface area (Å²) in [6.07, 6.45) is 1.45. The first-order valence-corrected chi connectivity index (χ1v) is 26.0. The molecule has 0 N–H and O–H groups in total. The minimum absolute atomic E-state index is 0. The van der Waals surface area contributed by atoms with Crippen molar-refractivity contribution in [2.75, 3.05) is 4.90 Å². The van der Waals surface area contributed by atoms with Gasteiger partial charge in [0.25, 0.3) is 0 Å². The third-order valence-electron chi connectivity index (χ3n) is 12.4. The van der Waals surface area contributed by atoms with Crippen LogP contribution < -0.4 is 10.1 Å². The van der Waals surface area contributed by atoms with Gasteiger partial charge in [0.05, 0.1) is 8.07 Å². The molecule has 0 fully saturated rings. The van der Waals surface area contributed by atoms with Crippen LogP contribution in [0.3, 0.4) is 0 Å². The fraction of sp³-hybridized carbons (Fsp3) is 0.237. The van der Waals surface area contributed by atoms with Crippen LogP contribution in [0.2, 0.25) is 19.6 Å². The molecule has 0 saturated heterocycles. The van der Waals surface area contributed by atoms with E-state index in [0.717, 1.165) is 55.3 Å². The van der Waals surface area contributed by atoms with Crippen molar-refractivity contribution in [2.45, 2.75) is 91.9 Å². The van der Waals surface area contributed by atoms with Crippen LogP contribution in [0.1, 0.15) is 98.7 Å². The van der Waals surface area contributed by atoms with E-state index < -0.39 is 27.0 Å². The average Bonchev–Trinajstić information content (AvgIpc) is 3.89. The van der Waals surface area contributed by atoms with E-state index in [1.54, 1.807) is 18.2 Å². The standard InChI is InChI=1S/C41H33FN2O.C18H24NSi.Ir/c1-24(2)34-21-28(26-11-6-5-7-12-26)22-35(25(3)4)38(34)44-39-30-14-9-8-13-27(30)17-20-36(39)43-41(44)33-16-10-15-32-31-19-18-29(42)23-37(31)45-40(32)33;1-13(2)16-11-17(15-9-7-14(3)8-10-15)19-12-18(16)20(4,5)6;/h5-15,17-25,41H,1-4H3;7-9,11-13H,1-6H3;/q-2;-1;+3/i;3D3,13D;. The molecule has 7 heteroatoms. The molecule has 66 heavy (non-hydrogen) atoms. The van der Waals surface area contributed by atoms with Gasteiger partial charge in [0.2, 0.25) is 0 Å². The molecule has 7 aromatic carbocycles. The zero-order valence-electron chi connectivity index (χ0n) is 43.0. The van der Waals surface area contributed by atoms with Crippen LogP contribution in [-0.4, -0.2) is 13.1 Å². The number of halogens is 1. The van der Waals surface area contributed by atoms with E-state index in [9.17, 15) is 4.39 Å². The third-order valence-corrected chi connectivity index (χ3v) is 14.4. The molecule has 0 saturated carbocycles. The molecule has 0 aliphatic carbocycles. The number of furan rings is 1. The monoisotopic (exact) mass is 1070 g/mol. The van der Waals surface area contributed by atoms with E-state index in [-0.39, 0.29) is 43.3 Å². The smallest absolute Gasteiger partial charge is 0.661 e. The van der Waals surface area contributed by atoms with E-state index in [1.165, 1.54) is 51.3 Å². The van der Waals surface area contributed by atoms with Crippen molar-refractivity contribution in [1.82, 2.24) is 4.98 Å². The first kappa shape index (κ1) is 41.6. The molecule has 1 aliphatic rings. The largest absolute Gasteiger partial charge is 3.00 e. The molecule has 0 spiro atoms. The zero-order chi connectivity index (χ0) is 49.2. The maximum absolute atomic E-state index is 14.3. The summed E-state index contributed by atoms with van der Waals surface area (Å²) in [7, 11) is -1.61. The summed E-state index contributed by atoms with van der Waals surface area (Å²) in [6, 6.07) is 50.2. The molecule has 1 atom stereocenters. The van der Waals surface area contributed by atoms with Crippen molar-refractivity contribution >= 4 is 63.0 Å². The number of nitrogens with zero attached hydrogens (tertiary/aromatic N) is 3. The van der Waals surface area contributed by atoms with Crippen LogP contribution in [0.4, 0.5) is 21.5 Å². The Labute approximate surface area is 410 Å². The Morgan fingerprint density at radius 1 is 0.742 bits per heavy atom. The second kappa shape index (κ2) is 18.8. The maximum Gasteiger partial charge on any atom is 3.00 e. The SMILES string of the molecule is CC(C)c1cc(-c2ccccc2)cc(C(C)C)c1N1c2c(ccc3ccccc23)[N-]C1c1[c-]ccc2c1oc1cc(F)ccc12.[2H]C([2H])([2H])c1c[c-]c(-c2cc(C([2H])(C)C)c([Si](C)(C)C)cn2)cc1.[Ir+3]. The van der Waals surface area contributed by atoms with Gasteiger partial charge in [-0.2, -0.15) is 18.2 Å². The normalized spacial score (nSPS) is 14.8. The Balaban J connectivity index is 0.000000224. The molecule has 9 aromatic rings. The second-order valence-electron chi connectivity index (χ2n) is 18.9. The van der Waals surface area contributed by atoms with Crippen molar-refractivity contribution in [3.05, 3.63) is 191 Å². The van der Waals surface area contributed by atoms with Crippen LogP contribution >= 0.6 is 0 Å². The fourth-order valence-corrected chi connectivity index (χ4v) is 10.7. The van der Waals surface area contributed by atoms with Gasteiger partial charge in [0, 0.05) is 45.5 Å². The second-order valence-corrected chi connectivity index (χ2v) is 24.0. The summed E-state index contributed by atoms with van der Waals surface area (Å²) in [5.74, 6) is -0.546. The Morgan fingerprint density at radius 2 is 1.47 bits per heavy atom. The molecular formula is C59H57FIrN3OSi. The number of aromatic nitrogens is 1. The number of aryl methyl sites for hydroxylation is 1. The van der Waals surface area contributed by atoms with Crippen molar-refractivity contribution in [3.8, 4) is 22.4 Å². The average molecular weight is 1070 g/mol. The molecule has 10 rings (SSSR count). The summed E-state index contributed by atoms with van der Waals surface area (Å²) in [5, 5.41) is 10.7. The van der Waals surface area contributed by atoms with Crippen molar-refractivity contribution in [1.29, 1.82) is 0 Å². The van der Waals surface area contributed by atoms with Gasteiger partial charge in [-0.05, 0) is 86.7 Å². The van der Waals surface area contributed by atoms with Gasteiger partial charge in [-0.1, -0.05) is 152 Å². The summed E-state index contributed by atoms with van der Waals surface area (Å²) < 4.78 is 51.5. The van der Waals surface area contributed by atoms with Gasteiger partial charge >= 0.3 is 20.1 Å². The Kier molecular flexibility index (Phi) is 11.8. The minimum Gasteiger partial charge on any atom is -0.661 e. The van der Waals surface area contributed by atoms with E-state index >= 15 is 0 Å². The topological polar surface area (TPSA) is 43.4 Å². The van der Waals surface area contributed by atoms with E-state index in [1.807, 2.05) is 38.2 Å². The van der Waals surface area contributed by atoms with E-state index in [2.05, 4.69) is 148 Å². The number of pyridine rings is 1. The van der Waals surface area contributed by atoms with Crippen molar-refractivity contribution in [3.63, 3.8) is 0 Å². The van der Waals surface area contributed by atoms with Crippen LogP contribution in [0.5, 0.6) is 0 Å². The summed E-state index contributed by atoms with van der Waals surface area (Å²) in [4.78, 5) is 6.99. The third kappa shape index (κ3) is 8.89. The quantitative estimate of drug-likeness (QED) is 0.112. The minimum atomic E-state index is -2.13. The van der Waals surface area contributed by atoms with Crippen LogP contribution in [0.15, 0.2) is 144 Å². The van der Waals surface area contributed by atoms with Gasteiger partial charge in [-0.25, -0.2) is 4.39 Å². The van der Waals surface area contributed by atoms with Gasteiger partial charge in [-0.15, -0.1) is 46.6 Å². The summed E-state index contributed by atoms with van der Waals surface area (Å²) in [5.41, 5.74) is 12.9. The molecule has 3 heterocycles. The van der Waals surface area contributed by atoms with Crippen molar-refractivity contribution in [2.24, 2.45) is 0 Å². The first-order chi connectivity index (χ1) is 32.7. The van der Waals surface area contributed by atoms with Crippen molar-refractivity contribution < 1.29 is 34.4 Å². The Hall–Kier alpha value is -5.85. The van der Waals surface area contributed by atoms with Crippen LogP contribution in [0, 0.1) is 24.8 Å².